The molecule has 0 spiro atoms. The molecule has 7 nitrogen and oxygen atoms in total. The predicted octanol–water partition coefficient (Wildman–Crippen LogP) is 0.362. The van der Waals surface area contributed by atoms with Gasteiger partial charge >= 0.3 is 5.97 Å². The molecule has 2 aliphatic rings. The van der Waals surface area contributed by atoms with E-state index in [1.807, 2.05) is 0 Å². The van der Waals surface area contributed by atoms with Crippen molar-refractivity contribution in [1.29, 1.82) is 0 Å². The zero-order valence-corrected chi connectivity index (χ0v) is 11.2. The van der Waals surface area contributed by atoms with Crippen molar-refractivity contribution < 1.29 is 24.0 Å². The van der Waals surface area contributed by atoms with Crippen LogP contribution in [0.4, 0.5) is 0 Å². The lowest BCUT2D eigenvalue weighted by atomic mass is 10.1. The van der Waals surface area contributed by atoms with Crippen LogP contribution in [-0.4, -0.2) is 46.7 Å². The van der Waals surface area contributed by atoms with Crippen LogP contribution in [0.3, 0.4) is 0 Å². The number of benzene rings is 1. The monoisotopic (exact) mass is 288 g/mol. The molecule has 1 aromatic carbocycles. The molecule has 3 amide bonds. The molecular formula is C14H12N2O5. The van der Waals surface area contributed by atoms with Crippen LogP contribution >= 0.6 is 0 Å². The second kappa shape index (κ2) is 4.69. The summed E-state index contributed by atoms with van der Waals surface area (Å²) in [5.74, 6) is -2.29. The molecule has 0 aromatic heterocycles. The Morgan fingerprint density at radius 2 is 1.71 bits per heavy atom. The van der Waals surface area contributed by atoms with E-state index in [2.05, 4.69) is 0 Å². The Bertz CT molecular complexity index is 634. The highest BCUT2D eigenvalue weighted by molar-refractivity contribution is 6.20. The van der Waals surface area contributed by atoms with Gasteiger partial charge in [0.15, 0.2) is 0 Å². The number of carbonyl (C=O) groups excluding carboxylic acids is 4. The molecule has 21 heavy (non-hydrogen) atoms. The van der Waals surface area contributed by atoms with Gasteiger partial charge in [-0.1, -0.05) is 17.2 Å². The molecule has 108 valence electrons. The van der Waals surface area contributed by atoms with Gasteiger partial charge in [0.25, 0.3) is 11.8 Å². The summed E-state index contributed by atoms with van der Waals surface area (Å²) in [4.78, 5) is 53.7. The lowest BCUT2D eigenvalue weighted by Crippen LogP contribution is -2.42. The van der Waals surface area contributed by atoms with Crippen molar-refractivity contribution in [3.8, 4) is 0 Å². The lowest BCUT2D eigenvalue weighted by Gasteiger charge is -2.20. The maximum absolute atomic E-state index is 12.1. The first-order chi connectivity index (χ1) is 10.0. The van der Waals surface area contributed by atoms with Gasteiger partial charge in [0.05, 0.1) is 11.1 Å². The van der Waals surface area contributed by atoms with Gasteiger partial charge in [0.2, 0.25) is 5.91 Å². The molecule has 1 fully saturated rings. The van der Waals surface area contributed by atoms with Crippen LogP contribution in [0.2, 0.25) is 0 Å². The molecule has 0 N–H and O–H groups in total. The fraction of sp³-hybridized carbons (Fsp3) is 0.286. The van der Waals surface area contributed by atoms with E-state index < -0.39 is 23.8 Å². The number of fused-ring (bicyclic) bond motifs is 1. The maximum atomic E-state index is 12.1. The molecule has 0 saturated carbocycles. The largest absolute Gasteiger partial charge is 0.355 e. The average Bonchev–Trinajstić information content (AvgIpc) is 2.93. The number of likely N-dealkylation sites (tertiary alicyclic amines) is 1. The number of rotatable bonds is 2. The predicted molar refractivity (Wildman–Crippen MR) is 68.8 cm³/mol. The molecule has 0 unspecified atom stereocenters. The summed E-state index contributed by atoms with van der Waals surface area (Å²) in [7, 11) is 1.49. The Morgan fingerprint density at radius 1 is 1.14 bits per heavy atom. The van der Waals surface area contributed by atoms with E-state index in [0.717, 1.165) is 0 Å². The Balaban J connectivity index is 1.78. The summed E-state index contributed by atoms with van der Waals surface area (Å²) >= 11 is 0. The fourth-order valence-corrected chi connectivity index (χ4v) is 2.48. The van der Waals surface area contributed by atoms with Gasteiger partial charge in [-0.25, -0.2) is 4.79 Å². The Labute approximate surface area is 120 Å². The minimum atomic E-state index is -0.780. The smallest absolute Gasteiger partial charge is 0.332 e. The van der Waals surface area contributed by atoms with Crippen LogP contribution < -0.4 is 0 Å². The van der Waals surface area contributed by atoms with E-state index in [-0.39, 0.29) is 23.5 Å². The van der Waals surface area contributed by atoms with E-state index >= 15 is 0 Å². The van der Waals surface area contributed by atoms with Crippen LogP contribution in [0.1, 0.15) is 33.6 Å². The van der Waals surface area contributed by atoms with Gasteiger partial charge in [-0.2, -0.15) is 0 Å². The SMILES string of the molecule is CN1C(=O)CC[C@@H]1C(=O)ON1C(=O)c2ccccc2C1=O. The van der Waals surface area contributed by atoms with Gasteiger partial charge in [0.1, 0.15) is 6.04 Å². The molecule has 3 rings (SSSR count). The standard InChI is InChI=1S/C14H12N2O5/c1-15-10(6-7-11(15)17)14(20)21-16-12(18)8-4-2-3-5-9(8)13(16)19/h2-5,10H,6-7H2,1H3/t10-/m1/s1. The third-order valence-corrected chi connectivity index (χ3v) is 3.70. The molecular weight excluding hydrogens is 276 g/mol. The van der Waals surface area contributed by atoms with Crippen LogP contribution in [0.5, 0.6) is 0 Å². The molecule has 2 heterocycles. The summed E-state index contributed by atoms with van der Waals surface area (Å²) < 4.78 is 0. The molecule has 0 aliphatic carbocycles. The third kappa shape index (κ3) is 1.97. The summed E-state index contributed by atoms with van der Waals surface area (Å²) in [6, 6.07) is 5.47. The van der Waals surface area contributed by atoms with Gasteiger partial charge in [-0.15, -0.1) is 0 Å². The van der Waals surface area contributed by atoms with Crippen molar-refractivity contribution in [2.45, 2.75) is 18.9 Å². The van der Waals surface area contributed by atoms with Crippen molar-refractivity contribution in [3.05, 3.63) is 35.4 Å². The minimum absolute atomic E-state index is 0.167. The van der Waals surface area contributed by atoms with Crippen LogP contribution in [-0.2, 0) is 14.4 Å². The molecule has 1 aromatic rings. The summed E-state index contributed by atoms with van der Waals surface area (Å²) in [6.07, 6.45) is 0.565. The maximum Gasteiger partial charge on any atom is 0.355 e. The topological polar surface area (TPSA) is 84.0 Å². The highest BCUT2D eigenvalue weighted by atomic mass is 16.7. The van der Waals surface area contributed by atoms with Gasteiger partial charge < -0.3 is 9.74 Å². The van der Waals surface area contributed by atoms with E-state index in [1.165, 1.54) is 24.1 Å². The van der Waals surface area contributed by atoms with Crippen molar-refractivity contribution in [2.75, 3.05) is 7.05 Å². The number of nitrogens with zero attached hydrogens (tertiary/aromatic N) is 2. The number of imide groups is 1. The van der Waals surface area contributed by atoms with Crippen molar-refractivity contribution >= 4 is 23.7 Å². The first-order valence-electron chi connectivity index (χ1n) is 6.46. The summed E-state index contributed by atoms with van der Waals surface area (Å²) in [6.45, 7) is 0. The fourth-order valence-electron chi connectivity index (χ4n) is 2.48. The lowest BCUT2D eigenvalue weighted by molar-refractivity contribution is -0.174. The highest BCUT2D eigenvalue weighted by Gasteiger charge is 2.42. The van der Waals surface area contributed by atoms with E-state index in [4.69, 9.17) is 4.84 Å². The average molecular weight is 288 g/mol. The number of carbonyl (C=O) groups is 4. The number of hydroxylamine groups is 2. The first kappa shape index (κ1) is 13.3. The Kier molecular flexibility index (Phi) is 2.97. The van der Waals surface area contributed by atoms with E-state index in [1.54, 1.807) is 12.1 Å². The number of hydrogen-bond acceptors (Lipinski definition) is 5. The summed E-state index contributed by atoms with van der Waals surface area (Å²) in [5.41, 5.74) is 0.400. The van der Waals surface area contributed by atoms with Crippen molar-refractivity contribution in [3.63, 3.8) is 0 Å². The van der Waals surface area contributed by atoms with Crippen LogP contribution in [0, 0.1) is 0 Å². The van der Waals surface area contributed by atoms with Crippen LogP contribution in [0.15, 0.2) is 24.3 Å². The third-order valence-electron chi connectivity index (χ3n) is 3.70. The molecule has 2 aliphatic heterocycles. The summed E-state index contributed by atoms with van der Waals surface area (Å²) in [5, 5.41) is 0.462. The first-order valence-corrected chi connectivity index (χ1v) is 6.46. The molecule has 0 radical (unpaired) electrons. The van der Waals surface area contributed by atoms with Crippen molar-refractivity contribution in [2.24, 2.45) is 0 Å². The van der Waals surface area contributed by atoms with Gasteiger partial charge in [-0.3, -0.25) is 14.4 Å². The second-order valence-electron chi connectivity index (χ2n) is 4.92. The zero-order valence-electron chi connectivity index (χ0n) is 11.2. The van der Waals surface area contributed by atoms with Gasteiger partial charge in [0, 0.05) is 13.5 Å². The van der Waals surface area contributed by atoms with Gasteiger partial charge in [-0.05, 0) is 18.6 Å². The molecule has 7 heteroatoms. The number of amides is 3. The number of hydrogen-bond donors (Lipinski definition) is 0. The molecule has 0 bridgehead atoms. The Hall–Kier alpha value is -2.70. The van der Waals surface area contributed by atoms with E-state index in [0.29, 0.717) is 11.5 Å². The quantitative estimate of drug-likeness (QED) is 0.734. The minimum Gasteiger partial charge on any atom is -0.332 e. The van der Waals surface area contributed by atoms with Crippen molar-refractivity contribution in [1.82, 2.24) is 9.96 Å². The second-order valence-corrected chi connectivity index (χ2v) is 4.92. The van der Waals surface area contributed by atoms with E-state index in [9.17, 15) is 19.2 Å². The Morgan fingerprint density at radius 3 is 2.19 bits per heavy atom. The highest BCUT2D eigenvalue weighted by Crippen LogP contribution is 2.24. The molecule has 1 saturated heterocycles. The zero-order chi connectivity index (χ0) is 15.1. The van der Waals surface area contributed by atoms with Crippen LogP contribution in [0.25, 0.3) is 0 Å². The number of likely N-dealkylation sites (N-methyl/N-ethyl adjacent to an activating group) is 1. The molecule has 1 atom stereocenters. The normalized spacial score (nSPS) is 21.0.